The molecule has 0 atom stereocenters. The molecule has 0 bridgehead atoms. The van der Waals surface area contributed by atoms with Crippen molar-refractivity contribution < 1.29 is 47.0 Å². The summed E-state index contributed by atoms with van der Waals surface area (Å²) in [6, 6.07) is 16.0. The molecule has 15 heteroatoms. The van der Waals surface area contributed by atoms with Crippen molar-refractivity contribution in [2.45, 2.75) is 32.2 Å². The van der Waals surface area contributed by atoms with E-state index in [1.165, 1.54) is 18.2 Å². The van der Waals surface area contributed by atoms with Gasteiger partial charge in [0.1, 0.15) is 17.9 Å². The molecule has 0 amide bonds. The number of hydrogen-bond acceptors (Lipinski definition) is 9. The number of carbonyl (C=O) groups is 3. The Balaban J connectivity index is 1.38. The predicted molar refractivity (Wildman–Crippen MR) is 145 cm³/mol. The summed E-state index contributed by atoms with van der Waals surface area (Å²) < 4.78 is 51.0. The van der Waals surface area contributed by atoms with E-state index in [0.29, 0.717) is 16.5 Å². The number of rotatable bonds is 11. The molecule has 12 nitrogen and oxygen atoms in total. The quantitative estimate of drug-likeness (QED) is 0.161. The van der Waals surface area contributed by atoms with Crippen LogP contribution in [0.1, 0.15) is 34.5 Å². The van der Waals surface area contributed by atoms with Crippen LogP contribution in [0.5, 0.6) is 5.75 Å². The standard InChI is InChI=1S/C29H21F3N4O8/c30-29(31,32)17-6-9-21-20(12-17)25(38)36(35-33-21)11-10-28(26(39)40,27(41)42)14-22(37)24-19-8-7-18(13-23(19)44-34-24)43-15-16-4-2-1-3-5-16/h1-9,12-13H,10-11,14-15H2,(H,39,40)(H,41,42). The molecule has 0 unspecified atom stereocenters. The number of aliphatic carboxylic acids is 2. The van der Waals surface area contributed by atoms with Gasteiger partial charge in [-0.25, -0.2) is 4.68 Å². The molecule has 0 saturated heterocycles. The summed E-state index contributed by atoms with van der Waals surface area (Å²) in [7, 11) is 0. The van der Waals surface area contributed by atoms with E-state index in [9.17, 15) is 42.6 Å². The number of carbonyl (C=O) groups excluding carboxylic acids is 1. The van der Waals surface area contributed by atoms with Crippen LogP contribution in [-0.4, -0.2) is 48.1 Å². The van der Waals surface area contributed by atoms with Crippen molar-refractivity contribution in [3.8, 4) is 5.75 Å². The highest BCUT2D eigenvalue weighted by Crippen LogP contribution is 2.33. The number of fused-ring (bicyclic) bond motifs is 2. The molecule has 0 radical (unpaired) electrons. The van der Waals surface area contributed by atoms with Crippen LogP contribution in [0.2, 0.25) is 0 Å². The number of aromatic nitrogens is 4. The number of ketones is 1. The number of halogens is 3. The molecule has 0 spiro atoms. The van der Waals surface area contributed by atoms with E-state index in [-0.39, 0.29) is 28.8 Å². The van der Waals surface area contributed by atoms with Crippen LogP contribution in [-0.2, 0) is 28.9 Å². The second-order valence-electron chi connectivity index (χ2n) is 9.85. The van der Waals surface area contributed by atoms with E-state index in [4.69, 9.17) is 9.26 Å². The summed E-state index contributed by atoms with van der Waals surface area (Å²) in [4.78, 5) is 50.7. The summed E-state index contributed by atoms with van der Waals surface area (Å²) in [6.07, 6.45) is -6.67. The Bertz CT molecular complexity index is 1940. The highest BCUT2D eigenvalue weighted by Gasteiger charge is 2.49. The third kappa shape index (κ3) is 5.84. The first-order valence-electron chi connectivity index (χ1n) is 12.9. The number of Topliss-reactive ketones (excluding diaryl/α,β-unsaturated/α-hetero) is 1. The topological polar surface area (TPSA) is 175 Å². The Morgan fingerprint density at radius 3 is 2.34 bits per heavy atom. The lowest BCUT2D eigenvalue weighted by atomic mass is 9.79. The first-order valence-corrected chi connectivity index (χ1v) is 12.9. The Morgan fingerprint density at radius 2 is 1.66 bits per heavy atom. The molecule has 2 aromatic heterocycles. The minimum Gasteiger partial charge on any atom is -0.489 e. The molecule has 0 fully saturated rings. The zero-order valence-corrected chi connectivity index (χ0v) is 22.4. The lowest BCUT2D eigenvalue weighted by Gasteiger charge is -2.23. The van der Waals surface area contributed by atoms with Crippen LogP contribution in [0.4, 0.5) is 13.2 Å². The molecule has 0 aliphatic carbocycles. The number of ether oxygens (including phenoxy) is 1. The van der Waals surface area contributed by atoms with Crippen molar-refractivity contribution in [1.82, 2.24) is 20.2 Å². The zero-order chi connectivity index (χ0) is 31.6. The van der Waals surface area contributed by atoms with E-state index >= 15 is 0 Å². The number of alkyl halides is 3. The number of carboxylic acid groups (broad SMARTS) is 2. The molecule has 226 valence electrons. The fourth-order valence-electron chi connectivity index (χ4n) is 4.55. The number of carboxylic acids is 2. The predicted octanol–water partition coefficient (Wildman–Crippen LogP) is 4.35. The summed E-state index contributed by atoms with van der Waals surface area (Å²) in [5, 5.41) is 30.6. The average Bonchev–Trinajstić information content (AvgIpc) is 3.42. The summed E-state index contributed by atoms with van der Waals surface area (Å²) in [6.45, 7) is -0.439. The van der Waals surface area contributed by atoms with Gasteiger partial charge in [0.05, 0.1) is 16.3 Å². The lowest BCUT2D eigenvalue weighted by Crippen LogP contribution is -2.43. The van der Waals surface area contributed by atoms with Crippen molar-refractivity contribution in [3.63, 3.8) is 0 Å². The van der Waals surface area contributed by atoms with Crippen molar-refractivity contribution >= 4 is 39.6 Å². The van der Waals surface area contributed by atoms with Gasteiger partial charge in [-0.2, -0.15) is 13.2 Å². The van der Waals surface area contributed by atoms with Crippen LogP contribution >= 0.6 is 0 Å². The van der Waals surface area contributed by atoms with Crippen LogP contribution < -0.4 is 10.3 Å². The zero-order valence-electron chi connectivity index (χ0n) is 22.4. The Kier molecular flexibility index (Phi) is 7.87. The SMILES string of the molecule is O=C(CC(CCn1nnc2ccc(C(F)(F)F)cc2c1=O)(C(=O)O)C(=O)O)c1noc2cc(OCc3ccccc3)ccc12. The Morgan fingerprint density at radius 1 is 0.932 bits per heavy atom. The first-order chi connectivity index (χ1) is 20.9. The lowest BCUT2D eigenvalue weighted by molar-refractivity contribution is -0.165. The van der Waals surface area contributed by atoms with Gasteiger partial charge in [-0.05, 0) is 42.3 Å². The molecule has 3 aromatic carbocycles. The molecule has 0 aliphatic rings. The summed E-state index contributed by atoms with van der Waals surface area (Å²) in [5.41, 5.74) is -4.36. The largest absolute Gasteiger partial charge is 0.489 e. The van der Waals surface area contributed by atoms with Crippen molar-refractivity contribution in [1.29, 1.82) is 0 Å². The van der Waals surface area contributed by atoms with E-state index in [1.54, 1.807) is 0 Å². The minimum atomic E-state index is -4.75. The number of aryl methyl sites for hydroxylation is 1. The van der Waals surface area contributed by atoms with Gasteiger partial charge in [-0.15, -0.1) is 5.10 Å². The van der Waals surface area contributed by atoms with Crippen molar-refractivity contribution in [3.05, 3.63) is 93.9 Å². The third-order valence-corrected chi connectivity index (χ3v) is 7.04. The van der Waals surface area contributed by atoms with E-state index < -0.39 is 65.2 Å². The maximum absolute atomic E-state index is 13.2. The molecule has 5 aromatic rings. The molecule has 0 aliphatic heterocycles. The van der Waals surface area contributed by atoms with Crippen LogP contribution in [0.25, 0.3) is 21.9 Å². The summed E-state index contributed by atoms with van der Waals surface area (Å²) >= 11 is 0. The van der Waals surface area contributed by atoms with Crippen LogP contribution in [0, 0.1) is 5.41 Å². The van der Waals surface area contributed by atoms with Crippen molar-refractivity contribution in [2.24, 2.45) is 5.41 Å². The van der Waals surface area contributed by atoms with Gasteiger partial charge in [0, 0.05) is 19.0 Å². The second-order valence-corrected chi connectivity index (χ2v) is 9.85. The van der Waals surface area contributed by atoms with Gasteiger partial charge in [0.15, 0.2) is 22.5 Å². The van der Waals surface area contributed by atoms with E-state index in [2.05, 4.69) is 15.5 Å². The Hall–Kier alpha value is -5.60. The van der Waals surface area contributed by atoms with Crippen molar-refractivity contribution in [2.75, 3.05) is 0 Å². The van der Waals surface area contributed by atoms with E-state index in [0.717, 1.165) is 17.7 Å². The molecule has 5 rings (SSSR count). The van der Waals surface area contributed by atoms with Gasteiger partial charge in [-0.1, -0.05) is 40.7 Å². The fourth-order valence-corrected chi connectivity index (χ4v) is 4.55. The highest BCUT2D eigenvalue weighted by molar-refractivity contribution is 6.10. The fraction of sp³-hybridized carbons (Fsp3) is 0.207. The first kappa shape index (κ1) is 29.9. The number of nitrogens with zero attached hydrogens (tertiary/aromatic N) is 4. The normalized spacial score (nSPS) is 12.0. The number of hydrogen-bond donors (Lipinski definition) is 2. The van der Waals surface area contributed by atoms with Crippen LogP contribution in [0.15, 0.2) is 76.0 Å². The number of benzene rings is 3. The molecule has 2 N–H and O–H groups in total. The van der Waals surface area contributed by atoms with Gasteiger partial charge < -0.3 is 19.5 Å². The highest BCUT2D eigenvalue weighted by atomic mass is 19.4. The maximum atomic E-state index is 13.2. The maximum Gasteiger partial charge on any atom is 0.416 e. The van der Waals surface area contributed by atoms with Gasteiger partial charge in [-0.3, -0.25) is 19.2 Å². The van der Waals surface area contributed by atoms with Crippen LogP contribution in [0.3, 0.4) is 0 Å². The third-order valence-electron chi connectivity index (χ3n) is 7.04. The molecule has 2 heterocycles. The average molecular weight is 611 g/mol. The second kappa shape index (κ2) is 11.6. The molecule has 44 heavy (non-hydrogen) atoms. The molecular formula is C29H21F3N4O8. The van der Waals surface area contributed by atoms with Gasteiger partial charge in [0.25, 0.3) is 5.56 Å². The Labute approximate surface area is 244 Å². The van der Waals surface area contributed by atoms with E-state index in [1.807, 2.05) is 30.3 Å². The van der Waals surface area contributed by atoms with Gasteiger partial charge >= 0.3 is 18.1 Å². The monoisotopic (exact) mass is 610 g/mol. The summed E-state index contributed by atoms with van der Waals surface area (Å²) in [5.74, 6) is -4.35. The minimum absolute atomic E-state index is 0.131. The smallest absolute Gasteiger partial charge is 0.416 e. The van der Waals surface area contributed by atoms with Gasteiger partial charge in [0.2, 0.25) is 0 Å². The molecular weight excluding hydrogens is 589 g/mol. The molecule has 0 saturated carbocycles.